The predicted molar refractivity (Wildman–Crippen MR) is 52.0 cm³/mol. The van der Waals surface area contributed by atoms with Crippen LogP contribution in [0.4, 0.5) is 0 Å². The van der Waals surface area contributed by atoms with Gasteiger partial charge in [0.2, 0.25) is 0 Å². The van der Waals surface area contributed by atoms with E-state index in [0.29, 0.717) is 0 Å². The van der Waals surface area contributed by atoms with Crippen LogP contribution in [0.2, 0.25) is 0 Å². The third-order valence-corrected chi connectivity index (χ3v) is 3.77. The smallest absolute Gasteiger partial charge is 0.0565 e. The quantitative estimate of drug-likeness (QED) is 0.675. The van der Waals surface area contributed by atoms with E-state index in [1.807, 2.05) is 6.92 Å². The van der Waals surface area contributed by atoms with Crippen LogP contribution in [0.5, 0.6) is 0 Å². The minimum atomic E-state index is -0.138. The SMILES string of the molecule is CC(C)[C@@H]1CCC(C)([C@H](C)O)C1. The van der Waals surface area contributed by atoms with Gasteiger partial charge in [-0.1, -0.05) is 20.8 Å². The van der Waals surface area contributed by atoms with Crippen molar-refractivity contribution in [1.82, 2.24) is 0 Å². The molecule has 0 radical (unpaired) electrons. The van der Waals surface area contributed by atoms with E-state index < -0.39 is 0 Å². The lowest BCUT2D eigenvalue weighted by atomic mass is 9.81. The van der Waals surface area contributed by atoms with Crippen LogP contribution in [0.1, 0.15) is 47.0 Å². The first-order chi connectivity index (χ1) is 5.46. The summed E-state index contributed by atoms with van der Waals surface area (Å²) in [6.45, 7) is 8.74. The average molecular weight is 170 g/mol. The zero-order chi connectivity index (χ0) is 9.35. The van der Waals surface area contributed by atoms with Crippen molar-refractivity contribution < 1.29 is 5.11 Å². The largest absolute Gasteiger partial charge is 0.393 e. The van der Waals surface area contributed by atoms with E-state index in [1.165, 1.54) is 19.3 Å². The van der Waals surface area contributed by atoms with Crippen LogP contribution in [0.25, 0.3) is 0 Å². The van der Waals surface area contributed by atoms with Crippen molar-refractivity contribution in [2.45, 2.75) is 53.1 Å². The fourth-order valence-electron chi connectivity index (χ4n) is 2.27. The summed E-state index contributed by atoms with van der Waals surface area (Å²) in [7, 11) is 0. The summed E-state index contributed by atoms with van der Waals surface area (Å²) in [6.07, 6.45) is 3.58. The van der Waals surface area contributed by atoms with Crippen LogP contribution >= 0.6 is 0 Å². The Kier molecular flexibility index (Phi) is 2.82. The predicted octanol–water partition coefficient (Wildman–Crippen LogP) is 2.83. The first kappa shape index (κ1) is 10.0. The van der Waals surface area contributed by atoms with Crippen LogP contribution in [0.15, 0.2) is 0 Å². The van der Waals surface area contributed by atoms with Crippen molar-refractivity contribution in [3.63, 3.8) is 0 Å². The van der Waals surface area contributed by atoms with E-state index in [1.54, 1.807) is 0 Å². The Hall–Kier alpha value is -0.0400. The van der Waals surface area contributed by atoms with Gasteiger partial charge in [0.15, 0.2) is 0 Å². The summed E-state index contributed by atoms with van der Waals surface area (Å²) < 4.78 is 0. The third-order valence-electron chi connectivity index (χ3n) is 3.77. The molecule has 0 spiro atoms. The van der Waals surface area contributed by atoms with E-state index in [0.717, 1.165) is 11.8 Å². The van der Waals surface area contributed by atoms with Crippen molar-refractivity contribution in [2.24, 2.45) is 17.3 Å². The Morgan fingerprint density at radius 1 is 1.33 bits per heavy atom. The Morgan fingerprint density at radius 2 is 1.92 bits per heavy atom. The lowest BCUT2D eigenvalue weighted by Gasteiger charge is -2.28. The fraction of sp³-hybridized carbons (Fsp3) is 1.00. The Labute approximate surface area is 76.2 Å². The molecule has 1 N–H and O–H groups in total. The highest BCUT2D eigenvalue weighted by Gasteiger charge is 2.39. The summed E-state index contributed by atoms with van der Waals surface area (Å²) in [5, 5.41) is 9.61. The maximum atomic E-state index is 9.61. The molecule has 0 bridgehead atoms. The second-order valence-electron chi connectivity index (χ2n) is 5.08. The van der Waals surface area contributed by atoms with Gasteiger partial charge in [0.25, 0.3) is 0 Å². The number of rotatable bonds is 2. The molecule has 0 aliphatic heterocycles. The molecule has 1 aliphatic rings. The summed E-state index contributed by atoms with van der Waals surface area (Å²) in [5.41, 5.74) is 0.203. The van der Waals surface area contributed by atoms with Crippen LogP contribution in [0.3, 0.4) is 0 Å². The third kappa shape index (κ3) is 1.82. The van der Waals surface area contributed by atoms with Crippen LogP contribution in [-0.4, -0.2) is 11.2 Å². The number of aliphatic hydroxyl groups excluding tert-OH is 1. The maximum absolute atomic E-state index is 9.61. The van der Waals surface area contributed by atoms with Gasteiger partial charge in [-0.05, 0) is 43.4 Å². The molecule has 0 amide bonds. The fourth-order valence-corrected chi connectivity index (χ4v) is 2.27. The van der Waals surface area contributed by atoms with E-state index in [9.17, 15) is 5.11 Å². The molecule has 0 saturated heterocycles. The molecule has 1 rings (SSSR count). The van der Waals surface area contributed by atoms with Gasteiger partial charge in [-0.2, -0.15) is 0 Å². The molecule has 12 heavy (non-hydrogen) atoms. The standard InChI is InChI=1S/C11H22O/c1-8(2)10-5-6-11(4,7-10)9(3)12/h8-10,12H,5-7H2,1-4H3/t9-,10+,11?/m0/s1. The molecule has 0 heterocycles. The van der Waals surface area contributed by atoms with Crippen LogP contribution < -0.4 is 0 Å². The second kappa shape index (κ2) is 3.37. The summed E-state index contributed by atoms with van der Waals surface area (Å²) in [4.78, 5) is 0. The molecule has 72 valence electrons. The molecule has 1 fully saturated rings. The molecule has 1 aliphatic carbocycles. The van der Waals surface area contributed by atoms with E-state index in [2.05, 4.69) is 20.8 Å². The number of hydrogen-bond acceptors (Lipinski definition) is 1. The minimum absolute atomic E-state index is 0.138. The zero-order valence-electron chi connectivity index (χ0n) is 8.80. The molecule has 0 aromatic carbocycles. The lowest BCUT2D eigenvalue weighted by Crippen LogP contribution is -2.27. The maximum Gasteiger partial charge on any atom is 0.0565 e. The average Bonchev–Trinajstić information content (AvgIpc) is 2.33. The van der Waals surface area contributed by atoms with Gasteiger partial charge in [-0.3, -0.25) is 0 Å². The molecular weight excluding hydrogens is 148 g/mol. The molecule has 1 heteroatoms. The highest BCUT2D eigenvalue weighted by Crippen LogP contribution is 2.46. The van der Waals surface area contributed by atoms with Gasteiger partial charge in [0.1, 0.15) is 0 Å². The summed E-state index contributed by atoms with van der Waals surface area (Å²) >= 11 is 0. The molecule has 0 aromatic rings. The van der Waals surface area contributed by atoms with Gasteiger partial charge in [-0.25, -0.2) is 0 Å². The Morgan fingerprint density at radius 3 is 2.17 bits per heavy atom. The van der Waals surface area contributed by atoms with Gasteiger partial charge in [0.05, 0.1) is 6.10 Å². The van der Waals surface area contributed by atoms with E-state index >= 15 is 0 Å². The molecule has 1 saturated carbocycles. The Bertz CT molecular complexity index is 151. The van der Waals surface area contributed by atoms with E-state index in [4.69, 9.17) is 0 Å². The topological polar surface area (TPSA) is 20.2 Å². The lowest BCUT2D eigenvalue weighted by molar-refractivity contribution is 0.0527. The minimum Gasteiger partial charge on any atom is -0.393 e. The highest BCUT2D eigenvalue weighted by atomic mass is 16.3. The van der Waals surface area contributed by atoms with Crippen molar-refractivity contribution in [3.8, 4) is 0 Å². The first-order valence-electron chi connectivity index (χ1n) is 5.14. The van der Waals surface area contributed by atoms with Crippen molar-refractivity contribution in [1.29, 1.82) is 0 Å². The monoisotopic (exact) mass is 170 g/mol. The highest BCUT2D eigenvalue weighted by molar-refractivity contribution is 4.90. The van der Waals surface area contributed by atoms with Crippen LogP contribution in [-0.2, 0) is 0 Å². The molecular formula is C11H22O. The van der Waals surface area contributed by atoms with E-state index in [-0.39, 0.29) is 11.5 Å². The summed E-state index contributed by atoms with van der Waals surface area (Å²) in [5.74, 6) is 1.62. The molecule has 1 unspecified atom stereocenters. The molecule has 1 nitrogen and oxygen atoms in total. The van der Waals surface area contributed by atoms with Gasteiger partial charge in [-0.15, -0.1) is 0 Å². The van der Waals surface area contributed by atoms with Gasteiger partial charge in [0, 0.05) is 0 Å². The number of hydrogen-bond donors (Lipinski definition) is 1. The van der Waals surface area contributed by atoms with Crippen molar-refractivity contribution in [3.05, 3.63) is 0 Å². The van der Waals surface area contributed by atoms with Crippen LogP contribution in [0, 0.1) is 17.3 Å². The van der Waals surface area contributed by atoms with Crippen molar-refractivity contribution >= 4 is 0 Å². The first-order valence-corrected chi connectivity index (χ1v) is 5.14. The Balaban J connectivity index is 2.55. The summed E-state index contributed by atoms with van der Waals surface area (Å²) in [6, 6.07) is 0. The van der Waals surface area contributed by atoms with Gasteiger partial charge >= 0.3 is 0 Å². The van der Waals surface area contributed by atoms with Gasteiger partial charge < -0.3 is 5.11 Å². The zero-order valence-corrected chi connectivity index (χ0v) is 8.80. The molecule has 0 aromatic heterocycles. The number of aliphatic hydroxyl groups is 1. The molecule has 3 atom stereocenters. The second-order valence-corrected chi connectivity index (χ2v) is 5.08. The van der Waals surface area contributed by atoms with Crippen molar-refractivity contribution in [2.75, 3.05) is 0 Å². The normalized spacial score (nSPS) is 39.0.